The minimum atomic E-state index is 0.455. The number of nitrogens with zero attached hydrogens (tertiary/aromatic N) is 3. The molecule has 0 bridgehead atoms. The maximum absolute atomic E-state index is 6.08. The number of aromatic nitrogens is 2. The van der Waals surface area contributed by atoms with Crippen molar-refractivity contribution < 1.29 is 0 Å². The Balaban J connectivity index is 1.51. The quantitative estimate of drug-likeness (QED) is 0.898. The van der Waals surface area contributed by atoms with Crippen LogP contribution in [0.25, 0.3) is 0 Å². The molecule has 0 aliphatic carbocycles. The van der Waals surface area contributed by atoms with Crippen LogP contribution in [0.15, 0.2) is 30.6 Å². The van der Waals surface area contributed by atoms with Crippen molar-refractivity contribution in [1.82, 2.24) is 14.9 Å². The summed E-state index contributed by atoms with van der Waals surface area (Å²) in [4.78, 5) is 11.1. The average molecular weight is 351 g/mol. The van der Waals surface area contributed by atoms with Crippen molar-refractivity contribution in [1.29, 1.82) is 0 Å². The van der Waals surface area contributed by atoms with E-state index in [1.807, 2.05) is 25.1 Å². The number of likely N-dealkylation sites (tertiary alicyclic amines) is 1. The van der Waals surface area contributed by atoms with Gasteiger partial charge >= 0.3 is 0 Å². The summed E-state index contributed by atoms with van der Waals surface area (Å²) in [6, 6.07) is 6.32. The van der Waals surface area contributed by atoms with Gasteiger partial charge < -0.3 is 5.32 Å². The minimum absolute atomic E-state index is 0.455. The molecule has 1 fully saturated rings. The van der Waals surface area contributed by atoms with Crippen molar-refractivity contribution in [3.8, 4) is 0 Å². The molecule has 1 saturated heterocycles. The van der Waals surface area contributed by atoms with E-state index in [0.29, 0.717) is 16.1 Å². The van der Waals surface area contributed by atoms with Gasteiger partial charge in [0.25, 0.3) is 0 Å². The Morgan fingerprint density at radius 1 is 1.17 bits per heavy atom. The monoisotopic (exact) mass is 350 g/mol. The Labute approximate surface area is 146 Å². The van der Waals surface area contributed by atoms with Crippen LogP contribution in [0, 0.1) is 6.92 Å². The van der Waals surface area contributed by atoms with Gasteiger partial charge in [0.2, 0.25) is 0 Å². The highest BCUT2D eigenvalue weighted by Crippen LogP contribution is 2.24. The van der Waals surface area contributed by atoms with Gasteiger partial charge in [0.1, 0.15) is 5.82 Å². The Morgan fingerprint density at radius 3 is 2.65 bits per heavy atom. The predicted octanol–water partition coefficient (Wildman–Crippen LogP) is 4.17. The Kier molecular flexibility index (Phi) is 5.36. The zero-order valence-corrected chi connectivity index (χ0v) is 14.6. The highest BCUT2D eigenvalue weighted by atomic mass is 35.5. The van der Waals surface area contributed by atoms with Gasteiger partial charge in [-0.25, -0.2) is 4.98 Å². The summed E-state index contributed by atoms with van der Waals surface area (Å²) in [7, 11) is 0. The van der Waals surface area contributed by atoms with Crippen LogP contribution in [0.3, 0.4) is 0 Å². The maximum atomic E-state index is 6.08. The second-order valence-electron chi connectivity index (χ2n) is 5.99. The molecule has 6 heteroatoms. The molecule has 1 aromatic carbocycles. The second-order valence-corrected chi connectivity index (χ2v) is 6.80. The standard InChI is InChI=1S/C17H20Cl2N4/c1-12-9-20-10-17(21-12)22-14-4-6-23(7-5-14)11-13-2-3-15(18)16(19)8-13/h2-3,8-10,14H,4-7,11H2,1H3,(H,21,22). The topological polar surface area (TPSA) is 41.1 Å². The van der Waals surface area contributed by atoms with Crippen LogP contribution in [0.4, 0.5) is 5.82 Å². The van der Waals surface area contributed by atoms with Crippen molar-refractivity contribution in [2.75, 3.05) is 18.4 Å². The van der Waals surface area contributed by atoms with Crippen molar-refractivity contribution >= 4 is 29.0 Å². The lowest BCUT2D eigenvalue weighted by Crippen LogP contribution is -2.38. The molecule has 1 aromatic heterocycles. The van der Waals surface area contributed by atoms with Crippen LogP contribution >= 0.6 is 23.2 Å². The van der Waals surface area contributed by atoms with Crippen LogP contribution in [-0.2, 0) is 6.54 Å². The normalized spacial score (nSPS) is 16.5. The lowest BCUT2D eigenvalue weighted by molar-refractivity contribution is 0.211. The molecule has 0 unspecified atom stereocenters. The van der Waals surface area contributed by atoms with Crippen LogP contribution in [0.1, 0.15) is 24.1 Å². The van der Waals surface area contributed by atoms with E-state index < -0.39 is 0 Å². The number of aryl methyl sites for hydroxylation is 1. The molecule has 2 aromatic rings. The fourth-order valence-corrected chi connectivity index (χ4v) is 3.19. The summed E-state index contributed by atoms with van der Waals surface area (Å²) in [6.45, 7) is 4.97. The first-order chi connectivity index (χ1) is 11.1. The smallest absolute Gasteiger partial charge is 0.145 e. The van der Waals surface area contributed by atoms with Crippen LogP contribution in [0.2, 0.25) is 10.0 Å². The SMILES string of the molecule is Cc1cncc(NC2CCN(Cc3ccc(Cl)c(Cl)c3)CC2)n1. The molecule has 0 atom stereocenters. The summed E-state index contributed by atoms with van der Waals surface area (Å²) >= 11 is 12.1. The molecule has 4 nitrogen and oxygen atoms in total. The molecule has 0 spiro atoms. The molecule has 23 heavy (non-hydrogen) atoms. The first kappa shape index (κ1) is 16.5. The van der Waals surface area contributed by atoms with Gasteiger partial charge in [-0.3, -0.25) is 9.88 Å². The Bertz CT molecular complexity index is 669. The molecule has 2 heterocycles. The average Bonchev–Trinajstić information content (AvgIpc) is 2.53. The van der Waals surface area contributed by atoms with Gasteiger partial charge in [0.05, 0.1) is 21.9 Å². The number of hydrogen-bond acceptors (Lipinski definition) is 4. The van der Waals surface area contributed by atoms with E-state index in [-0.39, 0.29) is 0 Å². The molecule has 0 saturated carbocycles. The number of rotatable bonds is 4. The molecule has 122 valence electrons. The number of piperidine rings is 1. The summed E-state index contributed by atoms with van der Waals surface area (Å²) in [6.07, 6.45) is 5.74. The number of halogens is 2. The van der Waals surface area contributed by atoms with Gasteiger partial charge in [-0.2, -0.15) is 0 Å². The lowest BCUT2D eigenvalue weighted by Gasteiger charge is -2.32. The Hall–Kier alpha value is -1.36. The Morgan fingerprint density at radius 2 is 1.96 bits per heavy atom. The fourth-order valence-electron chi connectivity index (χ4n) is 2.87. The van der Waals surface area contributed by atoms with Crippen molar-refractivity contribution in [2.24, 2.45) is 0 Å². The van der Waals surface area contributed by atoms with Crippen LogP contribution in [-0.4, -0.2) is 34.0 Å². The van der Waals surface area contributed by atoms with E-state index in [4.69, 9.17) is 23.2 Å². The van der Waals surface area contributed by atoms with E-state index in [1.165, 1.54) is 5.56 Å². The van der Waals surface area contributed by atoms with E-state index in [0.717, 1.165) is 44.0 Å². The van der Waals surface area contributed by atoms with E-state index in [1.54, 1.807) is 12.4 Å². The molecular weight excluding hydrogens is 331 g/mol. The van der Waals surface area contributed by atoms with E-state index >= 15 is 0 Å². The third-order valence-corrected chi connectivity index (χ3v) is 4.82. The molecule has 1 N–H and O–H groups in total. The molecule has 1 aliphatic rings. The van der Waals surface area contributed by atoms with E-state index in [9.17, 15) is 0 Å². The van der Waals surface area contributed by atoms with Gasteiger partial charge in [0, 0.05) is 31.9 Å². The molecule has 0 amide bonds. The van der Waals surface area contributed by atoms with Gasteiger partial charge in [-0.1, -0.05) is 29.3 Å². The predicted molar refractivity (Wildman–Crippen MR) is 95.2 cm³/mol. The summed E-state index contributed by atoms with van der Waals surface area (Å²) < 4.78 is 0. The van der Waals surface area contributed by atoms with Crippen LogP contribution in [0.5, 0.6) is 0 Å². The summed E-state index contributed by atoms with van der Waals surface area (Å²) in [5.41, 5.74) is 2.14. The number of nitrogens with one attached hydrogen (secondary N) is 1. The summed E-state index contributed by atoms with van der Waals surface area (Å²) in [5.74, 6) is 0.868. The largest absolute Gasteiger partial charge is 0.366 e. The zero-order chi connectivity index (χ0) is 16.2. The summed E-state index contributed by atoms with van der Waals surface area (Å²) in [5, 5.41) is 4.72. The fraction of sp³-hybridized carbons (Fsp3) is 0.412. The molecule has 1 aliphatic heterocycles. The second kappa shape index (κ2) is 7.47. The number of anilines is 1. The minimum Gasteiger partial charge on any atom is -0.366 e. The van der Waals surface area contributed by atoms with E-state index in [2.05, 4.69) is 20.2 Å². The number of hydrogen-bond donors (Lipinski definition) is 1. The van der Waals surface area contributed by atoms with Crippen molar-refractivity contribution in [2.45, 2.75) is 32.4 Å². The molecular formula is C17H20Cl2N4. The van der Waals surface area contributed by atoms with Crippen molar-refractivity contribution in [3.63, 3.8) is 0 Å². The first-order valence-electron chi connectivity index (χ1n) is 7.81. The molecule has 3 rings (SSSR count). The van der Waals surface area contributed by atoms with Gasteiger partial charge in [0.15, 0.2) is 0 Å². The van der Waals surface area contributed by atoms with Crippen molar-refractivity contribution in [3.05, 3.63) is 51.9 Å². The van der Waals surface area contributed by atoms with Gasteiger partial charge in [-0.05, 0) is 37.5 Å². The molecule has 0 radical (unpaired) electrons. The first-order valence-corrected chi connectivity index (χ1v) is 8.57. The highest BCUT2D eigenvalue weighted by Gasteiger charge is 2.19. The zero-order valence-electron chi connectivity index (χ0n) is 13.1. The van der Waals surface area contributed by atoms with Crippen LogP contribution < -0.4 is 5.32 Å². The number of benzene rings is 1. The van der Waals surface area contributed by atoms with Gasteiger partial charge in [-0.15, -0.1) is 0 Å². The highest BCUT2D eigenvalue weighted by molar-refractivity contribution is 6.42. The maximum Gasteiger partial charge on any atom is 0.145 e. The third-order valence-electron chi connectivity index (χ3n) is 4.08. The lowest BCUT2D eigenvalue weighted by atomic mass is 10.0. The third kappa shape index (κ3) is 4.56.